The van der Waals surface area contributed by atoms with Crippen LogP contribution >= 0.6 is 0 Å². The van der Waals surface area contributed by atoms with Crippen LogP contribution in [0.2, 0.25) is 18.1 Å². The van der Waals surface area contributed by atoms with E-state index in [1.54, 1.807) is 24.3 Å². The molecule has 1 fully saturated rings. The number of carbonyl (C=O) groups excluding carboxylic acids is 1. The first kappa shape index (κ1) is 22.0. The zero-order valence-corrected chi connectivity index (χ0v) is 18.2. The molecule has 7 heteroatoms. The molecule has 1 aromatic rings. The zero-order valence-electron chi connectivity index (χ0n) is 17.2. The molecule has 27 heavy (non-hydrogen) atoms. The molecule has 0 unspecified atom stereocenters. The Morgan fingerprint density at radius 2 is 1.93 bits per heavy atom. The van der Waals surface area contributed by atoms with Crippen molar-refractivity contribution in [3.63, 3.8) is 0 Å². The van der Waals surface area contributed by atoms with Crippen molar-refractivity contribution >= 4 is 14.3 Å². The number of rotatable bonds is 7. The maximum Gasteiger partial charge on any atom is 0.338 e. The summed E-state index contributed by atoms with van der Waals surface area (Å²) in [5.74, 6) is -1.96. The molecule has 152 valence electrons. The molecule has 1 aliphatic heterocycles. The summed E-state index contributed by atoms with van der Waals surface area (Å²) in [4.78, 5) is 12.1. The highest BCUT2D eigenvalue weighted by molar-refractivity contribution is 6.74. The summed E-state index contributed by atoms with van der Waals surface area (Å²) < 4.78 is 22.7. The number of carbonyl (C=O) groups is 1. The molecule has 0 aromatic heterocycles. The average molecular weight is 397 g/mol. The Morgan fingerprint density at radius 1 is 1.30 bits per heavy atom. The summed E-state index contributed by atoms with van der Waals surface area (Å²) in [5, 5.41) is 11.0. The van der Waals surface area contributed by atoms with E-state index in [1.165, 1.54) is 7.11 Å². The van der Waals surface area contributed by atoms with Gasteiger partial charge in [0.25, 0.3) is 0 Å². The summed E-state index contributed by atoms with van der Waals surface area (Å²) in [7, 11) is -0.514. The van der Waals surface area contributed by atoms with E-state index in [-0.39, 0.29) is 18.3 Å². The lowest BCUT2D eigenvalue weighted by molar-refractivity contribution is -0.249. The highest BCUT2D eigenvalue weighted by atomic mass is 28.4. The molecule has 1 aromatic carbocycles. The Labute approximate surface area is 162 Å². The van der Waals surface area contributed by atoms with Crippen LogP contribution in [-0.4, -0.2) is 57.7 Å². The van der Waals surface area contributed by atoms with Crippen molar-refractivity contribution < 1.29 is 28.5 Å². The fourth-order valence-corrected chi connectivity index (χ4v) is 3.67. The first-order valence-corrected chi connectivity index (χ1v) is 12.2. The zero-order chi connectivity index (χ0) is 20.3. The van der Waals surface area contributed by atoms with Gasteiger partial charge < -0.3 is 23.7 Å². The van der Waals surface area contributed by atoms with Crippen molar-refractivity contribution in [2.24, 2.45) is 0 Å². The molecule has 1 heterocycles. The molecule has 6 nitrogen and oxygen atoms in total. The molecule has 0 spiro atoms. The minimum atomic E-state index is -2.05. The number of hydrogen-bond acceptors (Lipinski definition) is 6. The molecule has 3 atom stereocenters. The van der Waals surface area contributed by atoms with Crippen LogP contribution in [0, 0.1) is 0 Å². The Morgan fingerprint density at radius 3 is 2.48 bits per heavy atom. The highest BCUT2D eigenvalue weighted by Crippen LogP contribution is 2.39. The minimum Gasteiger partial charge on any atom is -0.459 e. The van der Waals surface area contributed by atoms with Gasteiger partial charge in [-0.3, -0.25) is 0 Å². The summed E-state index contributed by atoms with van der Waals surface area (Å²) >= 11 is 0. The molecule has 0 bridgehead atoms. The molecule has 0 saturated carbocycles. The molecule has 1 N–H and O–H groups in total. The van der Waals surface area contributed by atoms with E-state index in [9.17, 15) is 9.90 Å². The predicted molar refractivity (Wildman–Crippen MR) is 105 cm³/mol. The Kier molecular flexibility index (Phi) is 6.86. The third kappa shape index (κ3) is 5.39. The van der Waals surface area contributed by atoms with E-state index < -0.39 is 32.3 Å². The largest absolute Gasteiger partial charge is 0.459 e. The van der Waals surface area contributed by atoms with E-state index in [4.69, 9.17) is 18.6 Å². The first-order valence-electron chi connectivity index (χ1n) is 9.27. The topological polar surface area (TPSA) is 74.2 Å². The number of esters is 1. The van der Waals surface area contributed by atoms with Crippen LogP contribution in [0.4, 0.5) is 0 Å². The number of benzene rings is 1. The van der Waals surface area contributed by atoms with E-state index in [0.29, 0.717) is 12.0 Å². The van der Waals surface area contributed by atoms with Crippen molar-refractivity contribution in [2.45, 2.75) is 63.3 Å². The van der Waals surface area contributed by atoms with Gasteiger partial charge in [-0.05, 0) is 30.3 Å². The SMILES string of the molecule is CO[C@H]1C[C@@H](COC(=O)c2ccccc2)O[C@@]1(O)CO[Si](C)(C)C(C)(C)C. The van der Waals surface area contributed by atoms with Crippen LogP contribution in [0.15, 0.2) is 30.3 Å². The van der Waals surface area contributed by atoms with E-state index >= 15 is 0 Å². The number of ether oxygens (including phenoxy) is 3. The second-order valence-corrected chi connectivity index (χ2v) is 13.4. The summed E-state index contributed by atoms with van der Waals surface area (Å²) in [6.45, 7) is 10.7. The third-order valence-electron chi connectivity index (χ3n) is 5.49. The third-order valence-corrected chi connectivity index (χ3v) is 9.97. The Bertz CT molecular complexity index is 627. The van der Waals surface area contributed by atoms with Crippen LogP contribution < -0.4 is 0 Å². The smallest absolute Gasteiger partial charge is 0.338 e. The molecule has 2 rings (SSSR count). The Hall–Kier alpha value is -1.25. The van der Waals surface area contributed by atoms with Crippen molar-refractivity contribution in [2.75, 3.05) is 20.3 Å². The van der Waals surface area contributed by atoms with E-state index in [0.717, 1.165) is 0 Å². The number of hydrogen-bond donors (Lipinski definition) is 1. The molecule has 0 aliphatic carbocycles. The van der Waals surface area contributed by atoms with Gasteiger partial charge >= 0.3 is 5.97 Å². The maximum absolute atomic E-state index is 12.1. The fraction of sp³-hybridized carbons (Fsp3) is 0.650. The van der Waals surface area contributed by atoms with Crippen LogP contribution in [0.1, 0.15) is 37.6 Å². The van der Waals surface area contributed by atoms with Gasteiger partial charge in [-0.2, -0.15) is 0 Å². The standard InChI is InChI=1S/C20H32O6Si/c1-19(2,3)27(5,6)25-14-20(22)17(23-4)12-16(26-20)13-24-18(21)15-10-8-7-9-11-15/h7-11,16-17,22H,12-14H2,1-6H3/t16-,17-,20-/m0/s1. The van der Waals surface area contributed by atoms with Crippen LogP contribution in [0.25, 0.3) is 0 Å². The van der Waals surface area contributed by atoms with Gasteiger partial charge in [0.1, 0.15) is 12.7 Å². The number of aliphatic hydroxyl groups is 1. The lowest BCUT2D eigenvalue weighted by atomic mass is 10.1. The maximum atomic E-state index is 12.1. The van der Waals surface area contributed by atoms with Gasteiger partial charge in [-0.1, -0.05) is 39.0 Å². The van der Waals surface area contributed by atoms with Gasteiger partial charge in [0.2, 0.25) is 5.79 Å². The van der Waals surface area contributed by atoms with Crippen LogP contribution in [0.3, 0.4) is 0 Å². The second-order valence-electron chi connectivity index (χ2n) is 8.56. The van der Waals surface area contributed by atoms with Crippen molar-refractivity contribution in [3.05, 3.63) is 35.9 Å². The van der Waals surface area contributed by atoms with E-state index in [2.05, 4.69) is 33.9 Å². The highest BCUT2D eigenvalue weighted by Gasteiger charge is 2.50. The summed E-state index contributed by atoms with van der Waals surface area (Å²) in [5.41, 5.74) is 0.482. The van der Waals surface area contributed by atoms with Crippen LogP contribution in [0.5, 0.6) is 0 Å². The number of methoxy groups -OCH3 is 1. The molecule has 1 aliphatic rings. The van der Waals surface area contributed by atoms with Gasteiger partial charge in [0, 0.05) is 13.5 Å². The Balaban J connectivity index is 1.94. The van der Waals surface area contributed by atoms with E-state index in [1.807, 2.05) is 6.07 Å². The predicted octanol–water partition coefficient (Wildman–Crippen LogP) is 3.36. The molecule has 0 amide bonds. The fourth-order valence-electron chi connectivity index (χ4n) is 2.67. The quantitative estimate of drug-likeness (QED) is 0.563. The summed E-state index contributed by atoms with van der Waals surface area (Å²) in [6.07, 6.45) is -0.561. The summed E-state index contributed by atoms with van der Waals surface area (Å²) in [6, 6.07) is 8.78. The molecular weight excluding hydrogens is 364 g/mol. The van der Waals surface area contributed by atoms with Gasteiger partial charge in [0.15, 0.2) is 8.32 Å². The first-order chi connectivity index (χ1) is 12.5. The normalized spacial score (nSPS) is 26.2. The lowest BCUT2D eigenvalue weighted by Gasteiger charge is -2.39. The second kappa shape index (κ2) is 8.41. The van der Waals surface area contributed by atoms with Crippen LogP contribution in [-0.2, 0) is 18.6 Å². The van der Waals surface area contributed by atoms with Crippen molar-refractivity contribution in [1.29, 1.82) is 0 Å². The van der Waals surface area contributed by atoms with Crippen molar-refractivity contribution in [1.82, 2.24) is 0 Å². The average Bonchev–Trinajstić information content (AvgIpc) is 2.94. The molecular formula is C20H32O6Si. The minimum absolute atomic E-state index is 0.0230. The van der Waals surface area contributed by atoms with Crippen molar-refractivity contribution in [3.8, 4) is 0 Å². The lowest BCUT2D eigenvalue weighted by Crippen LogP contribution is -2.50. The molecule has 0 radical (unpaired) electrons. The van der Waals surface area contributed by atoms with Gasteiger partial charge in [-0.25, -0.2) is 4.79 Å². The monoisotopic (exact) mass is 396 g/mol. The van der Waals surface area contributed by atoms with Gasteiger partial charge in [-0.15, -0.1) is 0 Å². The van der Waals surface area contributed by atoms with Gasteiger partial charge in [0.05, 0.1) is 18.3 Å². The molecule has 1 saturated heterocycles.